The number of nitrogens with one attached hydrogen (secondary N) is 1. The van der Waals surface area contributed by atoms with E-state index in [1.54, 1.807) is 5.51 Å². The Morgan fingerprint density at radius 1 is 1.29 bits per heavy atom. The first kappa shape index (κ1) is 9.61. The SMILES string of the molecule is Brc1ccc(CNc2nncs2)cc1. The van der Waals surface area contributed by atoms with Crippen LogP contribution in [0.25, 0.3) is 0 Å². The third-order valence-electron chi connectivity index (χ3n) is 1.72. The van der Waals surface area contributed by atoms with Crippen LogP contribution in [-0.2, 0) is 6.54 Å². The third kappa shape index (κ3) is 2.52. The van der Waals surface area contributed by atoms with Crippen LogP contribution in [0.15, 0.2) is 34.2 Å². The standard InChI is InChI=1S/C9H8BrN3S/c10-8-3-1-7(2-4-8)5-11-9-13-12-6-14-9/h1-4,6H,5H2,(H,11,13). The van der Waals surface area contributed by atoms with Crippen molar-refractivity contribution in [3.8, 4) is 0 Å². The molecule has 1 aromatic carbocycles. The van der Waals surface area contributed by atoms with E-state index in [4.69, 9.17) is 0 Å². The molecule has 0 spiro atoms. The van der Waals surface area contributed by atoms with E-state index < -0.39 is 0 Å². The molecule has 0 bridgehead atoms. The average molecular weight is 270 g/mol. The molecule has 3 nitrogen and oxygen atoms in total. The minimum atomic E-state index is 0.780. The Kier molecular flexibility index (Phi) is 3.10. The van der Waals surface area contributed by atoms with Crippen molar-refractivity contribution in [2.45, 2.75) is 6.54 Å². The quantitative estimate of drug-likeness (QED) is 0.931. The lowest BCUT2D eigenvalue weighted by Crippen LogP contribution is -1.98. The minimum absolute atomic E-state index is 0.780. The summed E-state index contributed by atoms with van der Waals surface area (Å²) in [5.41, 5.74) is 2.94. The second-order valence-electron chi connectivity index (χ2n) is 2.72. The molecule has 0 aliphatic rings. The zero-order chi connectivity index (χ0) is 9.80. The predicted molar refractivity (Wildman–Crippen MR) is 61.4 cm³/mol. The Labute approximate surface area is 94.3 Å². The fraction of sp³-hybridized carbons (Fsp3) is 0.111. The van der Waals surface area contributed by atoms with Gasteiger partial charge in [0.1, 0.15) is 5.51 Å². The predicted octanol–water partition coefficient (Wildman–Crippen LogP) is 2.91. The van der Waals surface area contributed by atoms with Crippen molar-refractivity contribution in [2.24, 2.45) is 0 Å². The molecule has 1 N–H and O–H groups in total. The summed E-state index contributed by atoms with van der Waals surface area (Å²) in [7, 11) is 0. The Balaban J connectivity index is 1.95. The van der Waals surface area contributed by atoms with E-state index in [9.17, 15) is 0 Å². The van der Waals surface area contributed by atoms with Crippen molar-refractivity contribution in [3.05, 3.63) is 39.8 Å². The summed E-state index contributed by atoms with van der Waals surface area (Å²) < 4.78 is 1.09. The molecular formula is C9H8BrN3S. The topological polar surface area (TPSA) is 37.8 Å². The average Bonchev–Trinajstić information content (AvgIpc) is 2.70. The fourth-order valence-electron chi connectivity index (χ4n) is 1.03. The number of benzene rings is 1. The van der Waals surface area contributed by atoms with Crippen LogP contribution in [0.2, 0.25) is 0 Å². The molecule has 5 heteroatoms. The highest BCUT2D eigenvalue weighted by molar-refractivity contribution is 9.10. The molecule has 0 saturated carbocycles. The van der Waals surface area contributed by atoms with Gasteiger partial charge in [0.2, 0.25) is 5.13 Å². The van der Waals surface area contributed by atoms with Gasteiger partial charge in [-0.1, -0.05) is 39.4 Å². The Morgan fingerprint density at radius 3 is 2.71 bits per heavy atom. The monoisotopic (exact) mass is 269 g/mol. The van der Waals surface area contributed by atoms with Gasteiger partial charge < -0.3 is 5.32 Å². The molecule has 72 valence electrons. The lowest BCUT2D eigenvalue weighted by atomic mass is 10.2. The summed E-state index contributed by atoms with van der Waals surface area (Å²) in [6, 6.07) is 8.18. The lowest BCUT2D eigenvalue weighted by Gasteiger charge is -2.01. The highest BCUT2D eigenvalue weighted by Gasteiger charge is 1.96. The van der Waals surface area contributed by atoms with E-state index in [1.165, 1.54) is 16.9 Å². The highest BCUT2D eigenvalue weighted by atomic mass is 79.9. The Bertz CT molecular complexity index is 385. The molecule has 0 radical (unpaired) electrons. The molecule has 0 amide bonds. The highest BCUT2D eigenvalue weighted by Crippen LogP contribution is 2.13. The van der Waals surface area contributed by atoms with Crippen molar-refractivity contribution >= 4 is 32.4 Å². The lowest BCUT2D eigenvalue weighted by molar-refractivity contribution is 1.05. The van der Waals surface area contributed by atoms with E-state index in [0.717, 1.165) is 16.1 Å². The van der Waals surface area contributed by atoms with Gasteiger partial charge in [-0.2, -0.15) is 0 Å². The third-order valence-corrected chi connectivity index (χ3v) is 2.89. The van der Waals surface area contributed by atoms with Gasteiger partial charge >= 0.3 is 0 Å². The van der Waals surface area contributed by atoms with Gasteiger partial charge in [0.05, 0.1) is 0 Å². The van der Waals surface area contributed by atoms with Crippen molar-refractivity contribution < 1.29 is 0 Å². The molecule has 2 aromatic rings. The maximum atomic E-state index is 3.90. The van der Waals surface area contributed by atoms with Gasteiger partial charge in [-0.25, -0.2) is 0 Å². The molecule has 0 unspecified atom stereocenters. The van der Waals surface area contributed by atoms with Gasteiger partial charge in [0, 0.05) is 11.0 Å². The first-order valence-corrected chi connectivity index (χ1v) is 5.76. The summed E-state index contributed by atoms with van der Waals surface area (Å²) in [6.45, 7) is 0.780. The Hall–Kier alpha value is -0.940. The summed E-state index contributed by atoms with van der Waals surface area (Å²) in [4.78, 5) is 0. The second kappa shape index (κ2) is 4.52. The van der Waals surface area contributed by atoms with Crippen LogP contribution in [-0.4, -0.2) is 10.2 Å². The van der Waals surface area contributed by atoms with Crippen molar-refractivity contribution in [1.29, 1.82) is 0 Å². The molecule has 1 heterocycles. The summed E-state index contributed by atoms with van der Waals surface area (Å²) in [5, 5.41) is 11.7. The van der Waals surface area contributed by atoms with Crippen molar-refractivity contribution in [1.82, 2.24) is 10.2 Å². The number of hydrogen-bond acceptors (Lipinski definition) is 4. The van der Waals surface area contributed by atoms with Crippen molar-refractivity contribution in [3.63, 3.8) is 0 Å². The summed E-state index contributed by atoms with van der Waals surface area (Å²) >= 11 is 4.90. The number of rotatable bonds is 3. The molecule has 0 aliphatic heterocycles. The number of anilines is 1. The van der Waals surface area contributed by atoms with Crippen LogP contribution in [0.4, 0.5) is 5.13 Å². The summed E-state index contributed by atoms with van der Waals surface area (Å²) in [5.74, 6) is 0. The van der Waals surface area contributed by atoms with E-state index in [2.05, 4.69) is 43.6 Å². The van der Waals surface area contributed by atoms with Crippen LogP contribution in [0.3, 0.4) is 0 Å². The maximum Gasteiger partial charge on any atom is 0.205 e. The molecule has 0 atom stereocenters. The zero-order valence-corrected chi connectivity index (χ0v) is 9.68. The summed E-state index contributed by atoms with van der Waals surface area (Å²) in [6.07, 6.45) is 0. The maximum absolute atomic E-state index is 3.90. The van der Waals surface area contributed by atoms with E-state index >= 15 is 0 Å². The van der Waals surface area contributed by atoms with Crippen LogP contribution in [0, 0.1) is 0 Å². The molecule has 2 rings (SSSR count). The minimum Gasteiger partial charge on any atom is -0.356 e. The Morgan fingerprint density at radius 2 is 2.07 bits per heavy atom. The number of aromatic nitrogens is 2. The zero-order valence-electron chi connectivity index (χ0n) is 7.27. The second-order valence-corrected chi connectivity index (χ2v) is 4.47. The van der Waals surface area contributed by atoms with Crippen LogP contribution >= 0.6 is 27.3 Å². The van der Waals surface area contributed by atoms with Gasteiger partial charge in [-0.3, -0.25) is 0 Å². The molecular weight excluding hydrogens is 262 g/mol. The normalized spacial score (nSPS) is 10.1. The number of halogens is 1. The largest absolute Gasteiger partial charge is 0.356 e. The van der Waals surface area contributed by atoms with Gasteiger partial charge in [-0.05, 0) is 17.7 Å². The molecule has 0 saturated heterocycles. The number of hydrogen-bond donors (Lipinski definition) is 1. The van der Waals surface area contributed by atoms with Crippen LogP contribution < -0.4 is 5.32 Å². The molecule has 14 heavy (non-hydrogen) atoms. The molecule has 0 fully saturated rings. The van der Waals surface area contributed by atoms with Gasteiger partial charge in [0.25, 0.3) is 0 Å². The van der Waals surface area contributed by atoms with E-state index in [0.29, 0.717) is 0 Å². The van der Waals surface area contributed by atoms with E-state index in [-0.39, 0.29) is 0 Å². The van der Waals surface area contributed by atoms with Crippen LogP contribution in [0.1, 0.15) is 5.56 Å². The fourth-order valence-corrected chi connectivity index (χ4v) is 1.74. The first-order chi connectivity index (χ1) is 6.84. The van der Waals surface area contributed by atoms with Crippen molar-refractivity contribution in [2.75, 3.05) is 5.32 Å². The van der Waals surface area contributed by atoms with Gasteiger partial charge in [0.15, 0.2) is 0 Å². The van der Waals surface area contributed by atoms with E-state index in [1.807, 2.05) is 12.1 Å². The van der Waals surface area contributed by atoms with Crippen LogP contribution in [0.5, 0.6) is 0 Å². The number of nitrogens with zero attached hydrogens (tertiary/aromatic N) is 2. The smallest absolute Gasteiger partial charge is 0.205 e. The first-order valence-electron chi connectivity index (χ1n) is 4.09. The molecule has 1 aromatic heterocycles. The molecule has 0 aliphatic carbocycles. The van der Waals surface area contributed by atoms with Gasteiger partial charge in [-0.15, -0.1) is 10.2 Å².